The number of ether oxygens (including phenoxy) is 1. The molecule has 4 heteroatoms. The Bertz CT molecular complexity index is 754. The Kier molecular flexibility index (Phi) is 5.73. The molecule has 0 spiro atoms. The molecule has 0 saturated carbocycles. The van der Waals surface area contributed by atoms with Crippen LogP contribution in [0.3, 0.4) is 0 Å². The number of rotatable bonds is 5. The molecular weight excluding hydrogens is 336 g/mol. The Morgan fingerprint density at radius 2 is 1.67 bits per heavy atom. The Hall–Kier alpha value is -2.33. The molecule has 2 aromatic rings. The van der Waals surface area contributed by atoms with Crippen molar-refractivity contribution in [3.8, 4) is 5.75 Å². The summed E-state index contributed by atoms with van der Waals surface area (Å²) >= 11 is 0. The maximum absolute atomic E-state index is 12.8. The van der Waals surface area contributed by atoms with Gasteiger partial charge in [0.2, 0.25) is 5.91 Å². The van der Waals surface area contributed by atoms with E-state index in [0.29, 0.717) is 25.0 Å². The second kappa shape index (κ2) is 8.57. The minimum Gasteiger partial charge on any atom is -0.492 e. The summed E-state index contributed by atoms with van der Waals surface area (Å²) in [6, 6.07) is 18.7. The van der Waals surface area contributed by atoms with E-state index >= 15 is 0 Å². The van der Waals surface area contributed by atoms with E-state index < -0.39 is 0 Å². The van der Waals surface area contributed by atoms with Gasteiger partial charge in [-0.3, -0.25) is 9.69 Å². The standard InChI is InChI=1S/C23H28N2O2/c26-23-12-6-8-19-7-4-5-11-22(19)25(23)20-13-15-24(16-14-20)17-18-27-21-9-2-1-3-10-21/h1-5,7,9-11,20H,6,8,12-18H2. The first kappa shape index (κ1) is 18.1. The van der Waals surface area contributed by atoms with Crippen molar-refractivity contribution in [1.82, 2.24) is 4.90 Å². The number of hydrogen-bond donors (Lipinski definition) is 0. The fourth-order valence-electron chi connectivity index (χ4n) is 4.25. The summed E-state index contributed by atoms with van der Waals surface area (Å²) in [6.45, 7) is 3.69. The zero-order valence-electron chi connectivity index (χ0n) is 15.8. The van der Waals surface area contributed by atoms with Gasteiger partial charge < -0.3 is 9.64 Å². The number of aryl methyl sites for hydroxylation is 1. The second-order valence-electron chi connectivity index (χ2n) is 7.48. The van der Waals surface area contributed by atoms with Gasteiger partial charge in [0.25, 0.3) is 0 Å². The van der Waals surface area contributed by atoms with Crippen LogP contribution in [-0.2, 0) is 11.2 Å². The molecule has 0 atom stereocenters. The third-order valence-electron chi connectivity index (χ3n) is 5.70. The normalized spacial score (nSPS) is 18.8. The first-order chi connectivity index (χ1) is 13.3. The zero-order chi connectivity index (χ0) is 18.5. The van der Waals surface area contributed by atoms with Crippen LogP contribution in [0.4, 0.5) is 5.69 Å². The fraction of sp³-hybridized carbons (Fsp3) is 0.435. The molecule has 142 valence electrons. The van der Waals surface area contributed by atoms with E-state index in [1.165, 1.54) is 5.56 Å². The Balaban J connectivity index is 1.33. The number of nitrogens with zero attached hydrogens (tertiary/aromatic N) is 2. The molecule has 0 N–H and O–H groups in total. The van der Waals surface area contributed by atoms with Gasteiger partial charge in [-0.05, 0) is 49.4 Å². The number of anilines is 1. The zero-order valence-corrected chi connectivity index (χ0v) is 15.8. The summed E-state index contributed by atoms with van der Waals surface area (Å²) in [4.78, 5) is 17.3. The third-order valence-corrected chi connectivity index (χ3v) is 5.70. The SMILES string of the molecule is O=C1CCCc2ccccc2N1C1CCN(CCOc2ccccc2)CC1. The van der Waals surface area contributed by atoms with Crippen LogP contribution in [0, 0.1) is 0 Å². The van der Waals surface area contributed by atoms with Gasteiger partial charge in [-0.1, -0.05) is 36.4 Å². The number of carbonyl (C=O) groups excluding carboxylic acids is 1. The molecule has 27 heavy (non-hydrogen) atoms. The fourth-order valence-corrected chi connectivity index (χ4v) is 4.25. The van der Waals surface area contributed by atoms with Crippen LogP contribution in [0.1, 0.15) is 31.2 Å². The highest BCUT2D eigenvalue weighted by Gasteiger charge is 2.31. The Labute approximate surface area is 161 Å². The number of fused-ring (bicyclic) bond motifs is 1. The Morgan fingerprint density at radius 1 is 0.926 bits per heavy atom. The lowest BCUT2D eigenvalue weighted by atomic mass is 10.0. The van der Waals surface area contributed by atoms with Gasteiger partial charge >= 0.3 is 0 Å². The summed E-state index contributed by atoms with van der Waals surface area (Å²) in [7, 11) is 0. The molecule has 2 aromatic carbocycles. The van der Waals surface area contributed by atoms with Crippen molar-refractivity contribution in [3.63, 3.8) is 0 Å². The molecule has 1 saturated heterocycles. The van der Waals surface area contributed by atoms with Crippen LogP contribution in [0.5, 0.6) is 5.75 Å². The lowest BCUT2D eigenvalue weighted by Gasteiger charge is -2.38. The molecule has 0 aliphatic carbocycles. The Morgan fingerprint density at radius 3 is 2.48 bits per heavy atom. The van der Waals surface area contributed by atoms with E-state index in [9.17, 15) is 4.79 Å². The van der Waals surface area contributed by atoms with E-state index in [1.807, 2.05) is 30.3 Å². The van der Waals surface area contributed by atoms with Crippen molar-refractivity contribution < 1.29 is 9.53 Å². The van der Waals surface area contributed by atoms with E-state index in [-0.39, 0.29) is 0 Å². The largest absolute Gasteiger partial charge is 0.492 e. The van der Waals surface area contributed by atoms with E-state index in [2.05, 4.69) is 34.1 Å². The van der Waals surface area contributed by atoms with E-state index in [1.54, 1.807) is 0 Å². The molecule has 2 heterocycles. The number of hydrogen-bond acceptors (Lipinski definition) is 3. The molecule has 1 fully saturated rings. The lowest BCUT2D eigenvalue weighted by molar-refractivity contribution is -0.119. The first-order valence-electron chi connectivity index (χ1n) is 10.1. The third kappa shape index (κ3) is 4.33. The molecule has 0 bridgehead atoms. The van der Waals surface area contributed by atoms with Crippen molar-refractivity contribution in [3.05, 3.63) is 60.2 Å². The first-order valence-corrected chi connectivity index (χ1v) is 10.1. The summed E-state index contributed by atoms with van der Waals surface area (Å²) < 4.78 is 5.83. The van der Waals surface area contributed by atoms with Gasteiger partial charge in [0, 0.05) is 37.8 Å². The molecule has 2 aliphatic heterocycles. The predicted octanol–water partition coefficient (Wildman–Crippen LogP) is 3.90. The number of piperidine rings is 1. The highest BCUT2D eigenvalue weighted by atomic mass is 16.5. The quantitative estimate of drug-likeness (QED) is 0.807. The van der Waals surface area contributed by atoms with Gasteiger partial charge in [-0.15, -0.1) is 0 Å². The van der Waals surface area contributed by atoms with Gasteiger partial charge in [-0.25, -0.2) is 0 Å². The number of benzene rings is 2. The van der Waals surface area contributed by atoms with Crippen LogP contribution in [-0.4, -0.2) is 43.1 Å². The van der Waals surface area contributed by atoms with Crippen LogP contribution in [0.15, 0.2) is 54.6 Å². The summed E-state index contributed by atoms with van der Waals surface area (Å²) in [5.74, 6) is 1.23. The van der Waals surface area contributed by atoms with E-state index in [4.69, 9.17) is 4.74 Å². The molecule has 0 unspecified atom stereocenters. The summed E-state index contributed by atoms with van der Waals surface area (Å²) in [6.07, 6.45) is 4.70. The monoisotopic (exact) mass is 364 g/mol. The summed E-state index contributed by atoms with van der Waals surface area (Å²) in [5.41, 5.74) is 2.47. The molecule has 2 aliphatic rings. The lowest BCUT2D eigenvalue weighted by Crippen LogP contribution is -2.48. The van der Waals surface area contributed by atoms with Crippen molar-refractivity contribution >= 4 is 11.6 Å². The minimum absolute atomic E-state index is 0.297. The maximum atomic E-state index is 12.8. The van der Waals surface area contributed by atoms with Crippen molar-refractivity contribution in [2.75, 3.05) is 31.1 Å². The smallest absolute Gasteiger partial charge is 0.227 e. The molecular formula is C23H28N2O2. The predicted molar refractivity (Wildman–Crippen MR) is 108 cm³/mol. The molecule has 0 radical (unpaired) electrons. The van der Waals surface area contributed by atoms with Crippen LogP contribution in [0.25, 0.3) is 0 Å². The topological polar surface area (TPSA) is 32.8 Å². The number of amides is 1. The van der Waals surface area contributed by atoms with Crippen LogP contribution < -0.4 is 9.64 Å². The summed E-state index contributed by atoms with van der Waals surface area (Å²) in [5, 5.41) is 0. The van der Waals surface area contributed by atoms with Crippen molar-refractivity contribution in [1.29, 1.82) is 0 Å². The molecule has 1 amide bonds. The average molecular weight is 364 g/mol. The maximum Gasteiger partial charge on any atom is 0.227 e. The van der Waals surface area contributed by atoms with Gasteiger partial charge in [0.05, 0.1) is 0 Å². The molecule has 4 nitrogen and oxygen atoms in total. The van der Waals surface area contributed by atoms with Gasteiger partial charge in [0.1, 0.15) is 12.4 Å². The van der Waals surface area contributed by atoms with Gasteiger partial charge in [-0.2, -0.15) is 0 Å². The minimum atomic E-state index is 0.297. The highest BCUT2D eigenvalue weighted by molar-refractivity contribution is 5.95. The number of likely N-dealkylation sites (tertiary alicyclic amines) is 1. The van der Waals surface area contributed by atoms with Gasteiger partial charge in [0.15, 0.2) is 0 Å². The molecule has 4 rings (SSSR count). The van der Waals surface area contributed by atoms with Crippen LogP contribution >= 0.6 is 0 Å². The van der Waals surface area contributed by atoms with Crippen molar-refractivity contribution in [2.24, 2.45) is 0 Å². The average Bonchev–Trinajstić information content (AvgIpc) is 2.88. The molecule has 0 aromatic heterocycles. The highest BCUT2D eigenvalue weighted by Crippen LogP contribution is 2.31. The second-order valence-corrected chi connectivity index (χ2v) is 7.48. The van der Waals surface area contributed by atoms with E-state index in [0.717, 1.165) is 56.8 Å². The number of para-hydroxylation sites is 2. The number of carbonyl (C=O) groups is 1. The van der Waals surface area contributed by atoms with Crippen LogP contribution in [0.2, 0.25) is 0 Å². The van der Waals surface area contributed by atoms with Crippen molar-refractivity contribution in [2.45, 2.75) is 38.1 Å².